The van der Waals surface area contributed by atoms with Crippen molar-refractivity contribution in [3.63, 3.8) is 0 Å². The number of hydrogen-bond acceptors (Lipinski definition) is 5. The van der Waals surface area contributed by atoms with Crippen molar-refractivity contribution >= 4 is 22.4 Å². The SMILES string of the molecule is Cc1noc(C)c1S(=O)(=O)NC1CNCCC1c1ccc(F)c(F)c1.Cl. The van der Waals surface area contributed by atoms with Gasteiger partial charge >= 0.3 is 0 Å². The molecule has 6 nitrogen and oxygen atoms in total. The second kappa shape index (κ2) is 7.99. The lowest BCUT2D eigenvalue weighted by Gasteiger charge is -2.33. The quantitative estimate of drug-likeness (QED) is 0.813. The third-order valence-electron chi connectivity index (χ3n) is 4.40. The zero-order chi connectivity index (χ0) is 18.2. The Kier molecular flexibility index (Phi) is 6.38. The smallest absolute Gasteiger partial charge is 0.246 e. The molecule has 10 heteroatoms. The highest BCUT2D eigenvalue weighted by Gasteiger charge is 2.33. The maximum Gasteiger partial charge on any atom is 0.246 e. The zero-order valence-corrected chi connectivity index (χ0v) is 15.9. The van der Waals surface area contributed by atoms with E-state index in [1.807, 2.05) is 0 Å². The molecule has 26 heavy (non-hydrogen) atoms. The molecule has 1 fully saturated rings. The van der Waals surface area contributed by atoms with Crippen LogP contribution >= 0.6 is 12.4 Å². The molecular formula is C16H20ClF2N3O3S. The van der Waals surface area contributed by atoms with E-state index in [4.69, 9.17) is 4.52 Å². The fourth-order valence-electron chi connectivity index (χ4n) is 3.24. The number of piperidine rings is 1. The van der Waals surface area contributed by atoms with Gasteiger partial charge in [0.15, 0.2) is 17.4 Å². The Morgan fingerprint density at radius 2 is 2.00 bits per heavy atom. The summed E-state index contributed by atoms with van der Waals surface area (Å²) in [5.41, 5.74) is 0.838. The van der Waals surface area contributed by atoms with Gasteiger partial charge in [0.1, 0.15) is 10.6 Å². The third kappa shape index (κ3) is 4.06. The summed E-state index contributed by atoms with van der Waals surface area (Å²) in [4.78, 5) is 0.0158. The Bertz CT molecular complexity index is 869. The second-order valence-corrected chi connectivity index (χ2v) is 7.80. The van der Waals surface area contributed by atoms with Crippen molar-refractivity contribution in [3.05, 3.63) is 46.9 Å². The second-order valence-electron chi connectivity index (χ2n) is 6.15. The average molecular weight is 408 g/mol. The number of hydrogen-bond donors (Lipinski definition) is 2. The van der Waals surface area contributed by atoms with Crippen LogP contribution in [0.3, 0.4) is 0 Å². The van der Waals surface area contributed by atoms with E-state index in [-0.39, 0.29) is 34.7 Å². The van der Waals surface area contributed by atoms with Crippen molar-refractivity contribution in [2.45, 2.75) is 37.1 Å². The van der Waals surface area contributed by atoms with E-state index in [2.05, 4.69) is 15.2 Å². The molecule has 2 heterocycles. The van der Waals surface area contributed by atoms with Crippen LogP contribution in [0.2, 0.25) is 0 Å². The summed E-state index contributed by atoms with van der Waals surface area (Å²) < 4.78 is 59.8. The largest absolute Gasteiger partial charge is 0.360 e. The van der Waals surface area contributed by atoms with Gasteiger partial charge in [-0.15, -0.1) is 12.4 Å². The fourth-order valence-corrected chi connectivity index (χ4v) is 4.85. The highest BCUT2D eigenvalue weighted by molar-refractivity contribution is 7.89. The maximum atomic E-state index is 13.6. The minimum Gasteiger partial charge on any atom is -0.360 e. The molecule has 0 saturated carbocycles. The van der Waals surface area contributed by atoms with Crippen LogP contribution in [0.4, 0.5) is 8.78 Å². The lowest BCUT2D eigenvalue weighted by atomic mass is 9.86. The van der Waals surface area contributed by atoms with Gasteiger partial charge in [-0.1, -0.05) is 11.2 Å². The molecule has 0 aliphatic carbocycles. The van der Waals surface area contributed by atoms with Crippen molar-refractivity contribution in [1.82, 2.24) is 15.2 Å². The summed E-state index contributed by atoms with van der Waals surface area (Å²) in [5, 5.41) is 6.80. The van der Waals surface area contributed by atoms with Gasteiger partial charge in [0.2, 0.25) is 10.0 Å². The summed E-state index contributed by atoms with van der Waals surface area (Å²) in [6.07, 6.45) is 0.597. The average Bonchev–Trinajstić information content (AvgIpc) is 2.90. The van der Waals surface area contributed by atoms with Crippen LogP contribution in [0.25, 0.3) is 0 Å². The van der Waals surface area contributed by atoms with Gasteiger partial charge in [-0.3, -0.25) is 0 Å². The Morgan fingerprint density at radius 1 is 1.27 bits per heavy atom. The molecule has 3 rings (SSSR count). The molecule has 0 spiro atoms. The number of halogens is 3. The highest BCUT2D eigenvalue weighted by atomic mass is 35.5. The van der Waals surface area contributed by atoms with Crippen LogP contribution in [0, 0.1) is 25.5 Å². The van der Waals surface area contributed by atoms with Crippen LogP contribution < -0.4 is 10.0 Å². The lowest BCUT2D eigenvalue weighted by Crippen LogP contribution is -2.50. The number of benzene rings is 1. The fraction of sp³-hybridized carbons (Fsp3) is 0.438. The normalized spacial score (nSPS) is 20.6. The summed E-state index contributed by atoms with van der Waals surface area (Å²) in [7, 11) is -3.85. The van der Waals surface area contributed by atoms with Crippen LogP contribution in [-0.2, 0) is 10.0 Å². The predicted octanol–water partition coefficient (Wildman–Crippen LogP) is 2.42. The number of rotatable bonds is 4. The zero-order valence-electron chi connectivity index (χ0n) is 14.3. The molecule has 1 saturated heterocycles. The monoisotopic (exact) mass is 407 g/mol. The molecule has 144 valence electrons. The van der Waals surface area contributed by atoms with E-state index in [1.54, 1.807) is 6.92 Å². The Hall–Kier alpha value is -1.55. The van der Waals surface area contributed by atoms with E-state index in [9.17, 15) is 17.2 Å². The van der Waals surface area contributed by atoms with E-state index in [0.717, 1.165) is 12.1 Å². The van der Waals surface area contributed by atoms with Gasteiger partial charge in [-0.25, -0.2) is 21.9 Å². The molecule has 2 unspecified atom stereocenters. The number of nitrogens with one attached hydrogen (secondary N) is 2. The van der Waals surface area contributed by atoms with E-state index in [1.165, 1.54) is 13.0 Å². The molecule has 1 aliphatic rings. The first-order valence-electron chi connectivity index (χ1n) is 7.90. The summed E-state index contributed by atoms with van der Waals surface area (Å²) >= 11 is 0. The van der Waals surface area contributed by atoms with Crippen molar-refractivity contribution in [1.29, 1.82) is 0 Å². The summed E-state index contributed by atoms with van der Waals surface area (Å²) in [6.45, 7) is 4.12. The standard InChI is InChI=1S/C16H19F2N3O3S.ClH/c1-9-16(10(2)24-20-9)25(22,23)21-15-8-19-6-5-12(15)11-3-4-13(17)14(18)7-11;/h3-4,7,12,15,19,21H,5-6,8H2,1-2H3;1H. The Morgan fingerprint density at radius 3 is 2.62 bits per heavy atom. The van der Waals surface area contributed by atoms with Crippen molar-refractivity contribution in [2.75, 3.05) is 13.1 Å². The molecule has 2 aromatic rings. The number of aryl methyl sites for hydroxylation is 2. The van der Waals surface area contributed by atoms with Gasteiger partial charge in [0, 0.05) is 18.5 Å². The van der Waals surface area contributed by atoms with Crippen LogP contribution in [-0.4, -0.2) is 32.7 Å². The van der Waals surface area contributed by atoms with Gasteiger partial charge in [0.05, 0.1) is 0 Å². The van der Waals surface area contributed by atoms with Gasteiger partial charge in [-0.2, -0.15) is 0 Å². The Labute approximate surface area is 156 Å². The molecule has 1 aliphatic heterocycles. The highest BCUT2D eigenvalue weighted by Crippen LogP contribution is 2.29. The third-order valence-corrected chi connectivity index (χ3v) is 6.13. The van der Waals surface area contributed by atoms with Crippen molar-refractivity contribution in [2.24, 2.45) is 0 Å². The van der Waals surface area contributed by atoms with Gasteiger partial charge in [0.25, 0.3) is 0 Å². The number of aromatic nitrogens is 1. The van der Waals surface area contributed by atoms with Crippen LogP contribution in [0.1, 0.15) is 29.4 Å². The maximum absolute atomic E-state index is 13.6. The Balaban J connectivity index is 0.00000243. The number of sulfonamides is 1. The molecular weight excluding hydrogens is 388 g/mol. The summed E-state index contributed by atoms with van der Waals surface area (Å²) in [6, 6.07) is 3.18. The number of nitrogens with zero attached hydrogens (tertiary/aromatic N) is 1. The molecule has 2 N–H and O–H groups in total. The molecule has 0 amide bonds. The predicted molar refractivity (Wildman–Crippen MR) is 93.9 cm³/mol. The first kappa shape index (κ1) is 20.8. The minimum absolute atomic E-state index is 0. The summed E-state index contributed by atoms with van der Waals surface area (Å²) in [5.74, 6) is -1.93. The first-order chi connectivity index (χ1) is 11.8. The topological polar surface area (TPSA) is 84.2 Å². The molecule has 0 bridgehead atoms. The molecule has 0 radical (unpaired) electrons. The van der Waals surface area contributed by atoms with E-state index in [0.29, 0.717) is 25.1 Å². The first-order valence-corrected chi connectivity index (χ1v) is 9.39. The van der Waals surface area contributed by atoms with Gasteiger partial charge in [-0.05, 0) is 44.5 Å². The van der Waals surface area contributed by atoms with Crippen molar-refractivity contribution in [3.8, 4) is 0 Å². The van der Waals surface area contributed by atoms with Gasteiger partial charge < -0.3 is 9.84 Å². The lowest BCUT2D eigenvalue weighted by molar-refractivity contribution is 0.375. The van der Waals surface area contributed by atoms with E-state index < -0.39 is 27.7 Å². The van der Waals surface area contributed by atoms with Crippen LogP contribution in [0.15, 0.2) is 27.6 Å². The van der Waals surface area contributed by atoms with Crippen molar-refractivity contribution < 1.29 is 21.7 Å². The van der Waals surface area contributed by atoms with E-state index >= 15 is 0 Å². The molecule has 1 aromatic heterocycles. The molecule has 2 atom stereocenters. The molecule has 1 aromatic carbocycles. The minimum atomic E-state index is -3.85. The van der Waals surface area contributed by atoms with Crippen LogP contribution in [0.5, 0.6) is 0 Å².